The molecule has 4 heteroatoms. The predicted molar refractivity (Wildman–Crippen MR) is 57.9 cm³/mol. The number of piperazine rings is 1. The number of nitrogens with zero attached hydrogens (tertiary/aromatic N) is 2. The maximum Gasteiger partial charge on any atom is 0.0959 e. The highest BCUT2D eigenvalue weighted by atomic mass is 16.5. The molecule has 0 bridgehead atoms. The van der Waals surface area contributed by atoms with Gasteiger partial charge in [0.2, 0.25) is 0 Å². The molecule has 0 aromatic heterocycles. The first-order valence-electron chi connectivity index (χ1n) is 5.24. The third-order valence-electron chi connectivity index (χ3n) is 2.65. The fourth-order valence-electron chi connectivity index (χ4n) is 1.62. The Hall–Kier alpha value is -0.610. The van der Waals surface area contributed by atoms with Gasteiger partial charge >= 0.3 is 0 Å². The standard InChI is InChI=1S/C10H21N3O/c1-12-5-7-13(8-6-12)10(11)4-3-9-14-2/h11H,3-9H2,1-2H3. The SMILES string of the molecule is COCCCC(=N)N1CCN(C)CC1. The Labute approximate surface area is 86.3 Å². The molecule has 0 spiro atoms. The Bertz CT molecular complexity index is 176. The van der Waals surface area contributed by atoms with Crippen molar-refractivity contribution in [2.75, 3.05) is 46.9 Å². The van der Waals surface area contributed by atoms with Gasteiger partial charge in [-0.25, -0.2) is 0 Å². The maximum absolute atomic E-state index is 7.88. The third kappa shape index (κ3) is 3.64. The van der Waals surface area contributed by atoms with E-state index < -0.39 is 0 Å². The molecule has 0 radical (unpaired) electrons. The summed E-state index contributed by atoms with van der Waals surface area (Å²) in [5.74, 6) is 0.773. The van der Waals surface area contributed by atoms with Gasteiger partial charge in [0, 0.05) is 46.3 Å². The van der Waals surface area contributed by atoms with Crippen molar-refractivity contribution in [2.45, 2.75) is 12.8 Å². The molecule has 1 aliphatic heterocycles. The third-order valence-corrected chi connectivity index (χ3v) is 2.65. The van der Waals surface area contributed by atoms with Gasteiger partial charge in [-0.15, -0.1) is 0 Å². The van der Waals surface area contributed by atoms with Crippen LogP contribution in [-0.4, -0.2) is 62.6 Å². The summed E-state index contributed by atoms with van der Waals surface area (Å²) in [4.78, 5) is 4.48. The molecular weight excluding hydrogens is 178 g/mol. The van der Waals surface area contributed by atoms with E-state index in [-0.39, 0.29) is 0 Å². The van der Waals surface area contributed by atoms with Crippen molar-refractivity contribution >= 4 is 5.84 Å². The van der Waals surface area contributed by atoms with Crippen molar-refractivity contribution in [1.82, 2.24) is 9.80 Å². The van der Waals surface area contributed by atoms with E-state index in [1.165, 1.54) is 0 Å². The maximum atomic E-state index is 7.88. The van der Waals surface area contributed by atoms with Crippen LogP contribution in [0, 0.1) is 5.41 Å². The first kappa shape index (κ1) is 11.5. The highest BCUT2D eigenvalue weighted by Gasteiger charge is 2.15. The van der Waals surface area contributed by atoms with Crippen molar-refractivity contribution in [3.8, 4) is 0 Å². The lowest BCUT2D eigenvalue weighted by Gasteiger charge is -2.34. The van der Waals surface area contributed by atoms with Crippen molar-refractivity contribution in [3.05, 3.63) is 0 Å². The van der Waals surface area contributed by atoms with E-state index in [1.54, 1.807) is 7.11 Å². The largest absolute Gasteiger partial charge is 0.385 e. The lowest BCUT2D eigenvalue weighted by atomic mass is 10.2. The summed E-state index contributed by atoms with van der Waals surface area (Å²) < 4.78 is 4.97. The Morgan fingerprint density at radius 3 is 2.50 bits per heavy atom. The normalized spacial score (nSPS) is 18.6. The molecule has 1 heterocycles. The van der Waals surface area contributed by atoms with Gasteiger partial charge in [0.15, 0.2) is 0 Å². The van der Waals surface area contributed by atoms with E-state index in [4.69, 9.17) is 10.1 Å². The minimum Gasteiger partial charge on any atom is -0.385 e. The van der Waals surface area contributed by atoms with Gasteiger partial charge in [0.25, 0.3) is 0 Å². The molecule has 0 aromatic carbocycles. The van der Waals surface area contributed by atoms with Crippen molar-refractivity contribution in [1.29, 1.82) is 5.41 Å². The molecule has 1 N–H and O–H groups in total. The van der Waals surface area contributed by atoms with Crippen LogP contribution in [0.15, 0.2) is 0 Å². The minimum atomic E-state index is 0.760. The van der Waals surface area contributed by atoms with E-state index in [1.807, 2.05) is 0 Å². The van der Waals surface area contributed by atoms with E-state index >= 15 is 0 Å². The van der Waals surface area contributed by atoms with Gasteiger partial charge in [-0.3, -0.25) is 5.41 Å². The van der Waals surface area contributed by atoms with Crippen molar-refractivity contribution < 1.29 is 4.74 Å². The van der Waals surface area contributed by atoms with Crippen LogP contribution in [0.5, 0.6) is 0 Å². The van der Waals surface area contributed by atoms with Crippen LogP contribution in [-0.2, 0) is 4.74 Å². The Kier molecular flexibility index (Phi) is 4.90. The predicted octanol–water partition coefficient (Wildman–Crippen LogP) is 0.638. The Morgan fingerprint density at radius 2 is 1.93 bits per heavy atom. The smallest absolute Gasteiger partial charge is 0.0959 e. The summed E-state index contributed by atoms with van der Waals surface area (Å²) in [7, 11) is 3.84. The molecule has 14 heavy (non-hydrogen) atoms. The zero-order valence-corrected chi connectivity index (χ0v) is 9.25. The molecular formula is C10H21N3O. The van der Waals surface area contributed by atoms with Crippen LogP contribution in [0.25, 0.3) is 0 Å². The summed E-state index contributed by atoms with van der Waals surface area (Å²) in [6.45, 7) is 4.92. The molecule has 0 saturated carbocycles. The second-order valence-corrected chi connectivity index (χ2v) is 3.83. The number of methoxy groups -OCH3 is 1. The summed E-state index contributed by atoms with van der Waals surface area (Å²) in [6, 6.07) is 0. The van der Waals surface area contributed by atoms with Gasteiger partial charge < -0.3 is 14.5 Å². The second-order valence-electron chi connectivity index (χ2n) is 3.83. The second kappa shape index (κ2) is 5.98. The number of hydrogen-bond acceptors (Lipinski definition) is 3. The number of amidine groups is 1. The van der Waals surface area contributed by atoms with E-state index in [0.717, 1.165) is 51.5 Å². The Balaban J connectivity index is 2.17. The fourth-order valence-corrected chi connectivity index (χ4v) is 1.62. The van der Waals surface area contributed by atoms with E-state index in [2.05, 4.69) is 16.8 Å². The number of ether oxygens (including phenoxy) is 1. The van der Waals surface area contributed by atoms with Crippen LogP contribution in [0.3, 0.4) is 0 Å². The summed E-state index contributed by atoms with van der Waals surface area (Å²) >= 11 is 0. The summed E-state index contributed by atoms with van der Waals surface area (Å²) in [5.41, 5.74) is 0. The van der Waals surface area contributed by atoms with Crippen LogP contribution < -0.4 is 0 Å². The van der Waals surface area contributed by atoms with Crippen LogP contribution in [0.2, 0.25) is 0 Å². The molecule has 1 saturated heterocycles. The van der Waals surface area contributed by atoms with Crippen LogP contribution in [0.4, 0.5) is 0 Å². The van der Waals surface area contributed by atoms with Crippen LogP contribution in [0.1, 0.15) is 12.8 Å². The average Bonchev–Trinajstić information content (AvgIpc) is 2.19. The quantitative estimate of drug-likeness (QED) is 0.410. The lowest BCUT2D eigenvalue weighted by Crippen LogP contribution is -2.46. The first-order chi connectivity index (χ1) is 6.74. The van der Waals surface area contributed by atoms with Gasteiger partial charge in [-0.1, -0.05) is 0 Å². The lowest BCUT2D eigenvalue weighted by molar-refractivity contribution is 0.191. The Morgan fingerprint density at radius 1 is 1.29 bits per heavy atom. The molecule has 0 amide bonds. The topological polar surface area (TPSA) is 39.6 Å². The fraction of sp³-hybridized carbons (Fsp3) is 0.900. The zero-order valence-electron chi connectivity index (χ0n) is 9.25. The van der Waals surface area contributed by atoms with Crippen molar-refractivity contribution in [2.24, 2.45) is 0 Å². The number of hydrogen-bond donors (Lipinski definition) is 1. The molecule has 82 valence electrons. The molecule has 0 aromatic rings. The molecule has 1 fully saturated rings. The number of likely N-dealkylation sites (N-methyl/N-ethyl adjacent to an activating group) is 1. The zero-order chi connectivity index (χ0) is 10.4. The van der Waals surface area contributed by atoms with Gasteiger partial charge in [-0.2, -0.15) is 0 Å². The molecule has 4 nitrogen and oxygen atoms in total. The molecule has 0 aliphatic carbocycles. The number of nitrogens with one attached hydrogen (secondary N) is 1. The molecule has 0 unspecified atom stereocenters. The monoisotopic (exact) mass is 199 g/mol. The van der Waals surface area contributed by atoms with E-state index in [9.17, 15) is 0 Å². The summed E-state index contributed by atoms with van der Waals surface area (Å²) in [5, 5.41) is 7.88. The van der Waals surface area contributed by atoms with Gasteiger partial charge in [0.05, 0.1) is 5.84 Å². The van der Waals surface area contributed by atoms with Gasteiger partial charge in [-0.05, 0) is 13.5 Å². The van der Waals surface area contributed by atoms with Gasteiger partial charge in [0.1, 0.15) is 0 Å². The van der Waals surface area contributed by atoms with E-state index in [0.29, 0.717) is 0 Å². The minimum absolute atomic E-state index is 0.760. The molecule has 1 aliphatic rings. The summed E-state index contributed by atoms with van der Waals surface area (Å²) in [6.07, 6.45) is 1.80. The average molecular weight is 199 g/mol. The number of rotatable bonds is 4. The first-order valence-corrected chi connectivity index (χ1v) is 5.24. The van der Waals surface area contributed by atoms with Crippen molar-refractivity contribution in [3.63, 3.8) is 0 Å². The highest BCUT2D eigenvalue weighted by molar-refractivity contribution is 5.79. The molecule has 0 atom stereocenters. The van der Waals surface area contributed by atoms with Crippen LogP contribution >= 0.6 is 0 Å². The highest BCUT2D eigenvalue weighted by Crippen LogP contribution is 2.03. The molecule has 1 rings (SSSR count).